The first-order chi connectivity index (χ1) is 16.4. The van der Waals surface area contributed by atoms with Crippen LogP contribution in [0.3, 0.4) is 0 Å². The number of pyridine rings is 1. The number of nitrogens with zero attached hydrogens (tertiary/aromatic N) is 5. The Morgan fingerprint density at radius 1 is 1.03 bits per heavy atom. The number of nitrogens with one attached hydrogen (secondary N) is 2. The highest BCUT2D eigenvalue weighted by Crippen LogP contribution is 2.31. The van der Waals surface area contributed by atoms with Crippen molar-refractivity contribution in [3.63, 3.8) is 0 Å². The van der Waals surface area contributed by atoms with Gasteiger partial charge in [-0.25, -0.2) is 0 Å². The van der Waals surface area contributed by atoms with Crippen LogP contribution >= 0.6 is 0 Å². The summed E-state index contributed by atoms with van der Waals surface area (Å²) < 4.78 is 44.6. The molecule has 0 atom stereocenters. The second kappa shape index (κ2) is 10.6. The first kappa shape index (κ1) is 23.7. The van der Waals surface area contributed by atoms with Crippen LogP contribution in [0.2, 0.25) is 0 Å². The normalized spacial score (nSPS) is 15.2. The van der Waals surface area contributed by atoms with E-state index in [1.165, 1.54) is 12.1 Å². The topological polar surface area (TPSA) is 88.1 Å². The van der Waals surface area contributed by atoms with E-state index >= 15 is 0 Å². The summed E-state index contributed by atoms with van der Waals surface area (Å²) in [7, 11) is 0. The van der Waals surface area contributed by atoms with Crippen LogP contribution in [0.4, 0.5) is 30.8 Å². The number of benzene rings is 1. The van der Waals surface area contributed by atoms with Crippen LogP contribution in [0.25, 0.3) is 0 Å². The molecule has 0 bridgehead atoms. The molecule has 3 aromatic rings. The van der Waals surface area contributed by atoms with E-state index in [1.807, 2.05) is 18.2 Å². The molecular formula is C23H26F3N7O. The largest absolute Gasteiger partial charge is 0.464 e. The van der Waals surface area contributed by atoms with E-state index in [0.717, 1.165) is 50.3 Å². The first-order valence-electron chi connectivity index (χ1n) is 11.1. The monoisotopic (exact) mass is 473 g/mol. The minimum Gasteiger partial charge on any atom is -0.464 e. The van der Waals surface area contributed by atoms with Gasteiger partial charge in [-0.1, -0.05) is 12.1 Å². The fourth-order valence-corrected chi connectivity index (χ4v) is 3.71. The number of aromatic nitrogens is 4. The Bertz CT molecular complexity index is 1070. The molecule has 0 radical (unpaired) electrons. The van der Waals surface area contributed by atoms with Crippen molar-refractivity contribution >= 4 is 17.6 Å². The van der Waals surface area contributed by atoms with Gasteiger partial charge < -0.3 is 15.4 Å². The van der Waals surface area contributed by atoms with Crippen LogP contribution in [0.15, 0.2) is 48.7 Å². The van der Waals surface area contributed by atoms with Gasteiger partial charge in [0.05, 0.1) is 17.9 Å². The summed E-state index contributed by atoms with van der Waals surface area (Å²) in [6.45, 7) is 4.74. The SMILES string of the molecule is CCOc1nc(Nc2cccc(C(F)(F)F)c2)nc(NC2CCN(Cc3ccccn3)CC2)n1. The average Bonchev–Trinajstić information content (AvgIpc) is 2.81. The van der Waals surface area contributed by atoms with E-state index in [9.17, 15) is 13.2 Å². The second-order valence-electron chi connectivity index (χ2n) is 7.92. The molecule has 8 nitrogen and oxygen atoms in total. The molecule has 1 fully saturated rings. The Labute approximate surface area is 195 Å². The molecule has 0 aliphatic carbocycles. The number of hydrogen-bond acceptors (Lipinski definition) is 8. The first-order valence-corrected chi connectivity index (χ1v) is 11.1. The van der Waals surface area contributed by atoms with E-state index in [1.54, 1.807) is 13.1 Å². The molecule has 0 amide bonds. The fraction of sp³-hybridized carbons (Fsp3) is 0.391. The smallest absolute Gasteiger partial charge is 0.416 e. The Hall–Kier alpha value is -3.47. The molecular weight excluding hydrogens is 447 g/mol. The summed E-state index contributed by atoms with van der Waals surface area (Å²) in [6.07, 6.45) is -0.867. The molecule has 1 aromatic carbocycles. The van der Waals surface area contributed by atoms with E-state index < -0.39 is 11.7 Å². The van der Waals surface area contributed by atoms with Crippen molar-refractivity contribution in [1.82, 2.24) is 24.8 Å². The van der Waals surface area contributed by atoms with Crippen LogP contribution in [-0.4, -0.2) is 50.6 Å². The third kappa shape index (κ3) is 6.53. The van der Waals surface area contributed by atoms with Gasteiger partial charge in [0.15, 0.2) is 0 Å². The summed E-state index contributed by atoms with van der Waals surface area (Å²) in [4.78, 5) is 19.6. The number of ether oxygens (including phenoxy) is 1. The number of alkyl halides is 3. The van der Waals surface area contributed by atoms with Crippen molar-refractivity contribution in [3.05, 3.63) is 59.9 Å². The zero-order valence-corrected chi connectivity index (χ0v) is 18.7. The van der Waals surface area contributed by atoms with E-state index in [4.69, 9.17) is 4.74 Å². The number of piperidine rings is 1. The van der Waals surface area contributed by atoms with Gasteiger partial charge >= 0.3 is 12.2 Å². The van der Waals surface area contributed by atoms with Gasteiger partial charge in [0.1, 0.15) is 0 Å². The molecule has 2 N–H and O–H groups in total. The molecule has 1 saturated heterocycles. The zero-order chi connectivity index (χ0) is 24.0. The third-order valence-corrected chi connectivity index (χ3v) is 5.37. The molecule has 3 heterocycles. The van der Waals surface area contributed by atoms with E-state index in [0.29, 0.717) is 12.6 Å². The number of likely N-dealkylation sites (tertiary alicyclic amines) is 1. The summed E-state index contributed by atoms with van der Waals surface area (Å²) in [5.74, 6) is 0.420. The van der Waals surface area contributed by atoms with Crippen LogP contribution in [0.5, 0.6) is 6.01 Å². The summed E-state index contributed by atoms with van der Waals surface area (Å²) in [6, 6.07) is 11.0. The predicted molar refractivity (Wildman–Crippen MR) is 122 cm³/mol. The lowest BCUT2D eigenvalue weighted by molar-refractivity contribution is -0.137. The molecule has 1 aliphatic rings. The molecule has 180 valence electrons. The maximum Gasteiger partial charge on any atom is 0.416 e. The van der Waals surface area contributed by atoms with Crippen molar-refractivity contribution in [2.24, 2.45) is 0 Å². The van der Waals surface area contributed by atoms with Gasteiger partial charge in [0.2, 0.25) is 11.9 Å². The molecule has 0 saturated carbocycles. The highest BCUT2D eigenvalue weighted by molar-refractivity contribution is 5.56. The van der Waals surface area contributed by atoms with Crippen molar-refractivity contribution < 1.29 is 17.9 Å². The highest BCUT2D eigenvalue weighted by atomic mass is 19.4. The lowest BCUT2D eigenvalue weighted by atomic mass is 10.1. The number of rotatable bonds is 8. The lowest BCUT2D eigenvalue weighted by Gasteiger charge is -2.32. The van der Waals surface area contributed by atoms with Crippen LogP contribution in [-0.2, 0) is 12.7 Å². The van der Waals surface area contributed by atoms with Gasteiger partial charge in [0.25, 0.3) is 0 Å². The van der Waals surface area contributed by atoms with Gasteiger partial charge in [-0.2, -0.15) is 28.1 Å². The Kier molecular flexibility index (Phi) is 7.41. The second-order valence-corrected chi connectivity index (χ2v) is 7.92. The van der Waals surface area contributed by atoms with E-state index in [2.05, 4.69) is 35.5 Å². The average molecular weight is 474 g/mol. The maximum absolute atomic E-state index is 13.0. The third-order valence-electron chi connectivity index (χ3n) is 5.37. The quantitative estimate of drug-likeness (QED) is 0.494. The molecule has 1 aliphatic heterocycles. The summed E-state index contributed by atoms with van der Waals surface area (Å²) in [5.41, 5.74) is 0.502. The van der Waals surface area contributed by atoms with Crippen molar-refractivity contribution in [3.8, 4) is 6.01 Å². The predicted octanol–water partition coefficient (Wildman–Crippen LogP) is 4.50. The van der Waals surface area contributed by atoms with Gasteiger partial charge in [-0.15, -0.1) is 0 Å². The zero-order valence-electron chi connectivity index (χ0n) is 18.7. The number of anilines is 3. The van der Waals surface area contributed by atoms with Crippen molar-refractivity contribution in [1.29, 1.82) is 0 Å². The summed E-state index contributed by atoms with van der Waals surface area (Å²) >= 11 is 0. The Balaban J connectivity index is 1.41. The molecule has 2 aromatic heterocycles. The number of halogens is 3. The standard InChI is InChI=1S/C23H26F3N7O/c1-2-34-22-31-20(28-17-9-12-33(13-10-17)15-19-7-3-4-11-27-19)30-21(32-22)29-18-8-5-6-16(14-18)23(24,25)26/h3-8,11,14,17H,2,9-10,12-13,15H2,1H3,(H2,28,29,30,31,32). The molecule has 4 rings (SSSR count). The fourth-order valence-electron chi connectivity index (χ4n) is 3.71. The van der Waals surface area contributed by atoms with E-state index in [-0.39, 0.29) is 23.7 Å². The van der Waals surface area contributed by atoms with Crippen molar-refractivity contribution in [2.75, 3.05) is 30.3 Å². The molecule has 34 heavy (non-hydrogen) atoms. The van der Waals surface area contributed by atoms with Crippen LogP contribution in [0, 0.1) is 0 Å². The Morgan fingerprint density at radius 2 is 1.82 bits per heavy atom. The van der Waals surface area contributed by atoms with Gasteiger partial charge in [-0.05, 0) is 50.1 Å². The molecule has 0 spiro atoms. The highest BCUT2D eigenvalue weighted by Gasteiger charge is 2.30. The molecule has 0 unspecified atom stereocenters. The van der Waals surface area contributed by atoms with Gasteiger partial charge in [-0.3, -0.25) is 9.88 Å². The minimum absolute atomic E-state index is 0.0991. The van der Waals surface area contributed by atoms with Gasteiger partial charge in [0, 0.05) is 37.6 Å². The molecule has 11 heteroatoms. The Morgan fingerprint density at radius 3 is 2.53 bits per heavy atom. The van der Waals surface area contributed by atoms with Crippen LogP contribution < -0.4 is 15.4 Å². The lowest BCUT2D eigenvalue weighted by Crippen LogP contribution is -2.39. The minimum atomic E-state index is -4.44. The van der Waals surface area contributed by atoms with Crippen LogP contribution in [0.1, 0.15) is 31.0 Å². The maximum atomic E-state index is 13.0. The van der Waals surface area contributed by atoms with Crippen molar-refractivity contribution in [2.45, 2.75) is 38.5 Å². The summed E-state index contributed by atoms with van der Waals surface area (Å²) in [5, 5.41) is 6.15. The number of hydrogen-bond donors (Lipinski definition) is 2.